The van der Waals surface area contributed by atoms with Crippen LogP contribution in [0.25, 0.3) is 0 Å². The Kier molecular flexibility index (Phi) is 5.32. The van der Waals surface area contributed by atoms with Crippen LogP contribution in [0.4, 0.5) is 4.39 Å². The van der Waals surface area contributed by atoms with Gasteiger partial charge in [-0.15, -0.1) is 0 Å². The molecule has 0 spiro atoms. The van der Waals surface area contributed by atoms with Gasteiger partial charge in [-0.25, -0.2) is 4.39 Å². The highest BCUT2D eigenvalue weighted by molar-refractivity contribution is 5.42. The van der Waals surface area contributed by atoms with Crippen LogP contribution in [0.1, 0.15) is 41.0 Å². The quantitative estimate of drug-likeness (QED) is 0.907. The summed E-state index contributed by atoms with van der Waals surface area (Å²) in [7, 11) is 4.11. The highest BCUT2D eigenvalue weighted by Crippen LogP contribution is 2.35. The van der Waals surface area contributed by atoms with Gasteiger partial charge in [0.1, 0.15) is 5.82 Å². The molecule has 0 aromatic heterocycles. The zero-order valence-electron chi connectivity index (χ0n) is 14.6. The Morgan fingerprint density at radius 1 is 1.12 bits per heavy atom. The van der Waals surface area contributed by atoms with Gasteiger partial charge in [-0.2, -0.15) is 0 Å². The summed E-state index contributed by atoms with van der Waals surface area (Å²) in [6, 6.07) is 14.1. The van der Waals surface area contributed by atoms with Crippen LogP contribution in [0.3, 0.4) is 0 Å². The van der Waals surface area contributed by atoms with Gasteiger partial charge in [0.05, 0.1) is 0 Å². The van der Waals surface area contributed by atoms with Crippen LogP contribution >= 0.6 is 0 Å². The summed E-state index contributed by atoms with van der Waals surface area (Å²) in [5.74, 6) is 0.278. The summed E-state index contributed by atoms with van der Waals surface area (Å²) in [6.45, 7) is 0.902. The van der Waals surface area contributed by atoms with Gasteiger partial charge < -0.3 is 10.6 Å². The molecule has 3 rings (SSSR count). The van der Waals surface area contributed by atoms with Crippen LogP contribution in [0.15, 0.2) is 42.5 Å². The fraction of sp³-hybridized carbons (Fsp3) is 0.429. The normalized spacial score (nSPS) is 18.0. The molecule has 2 aromatic rings. The first-order valence-corrected chi connectivity index (χ1v) is 8.78. The molecular formula is C21H27FN2. The third-order valence-corrected chi connectivity index (χ3v) is 5.00. The van der Waals surface area contributed by atoms with Crippen LogP contribution < -0.4 is 5.73 Å². The minimum atomic E-state index is -0.136. The molecule has 0 fully saturated rings. The third-order valence-electron chi connectivity index (χ3n) is 5.00. The van der Waals surface area contributed by atoms with Crippen molar-refractivity contribution >= 4 is 0 Å². The molecule has 1 aliphatic carbocycles. The highest BCUT2D eigenvalue weighted by Gasteiger charge is 2.22. The number of nitrogens with zero attached hydrogens (tertiary/aromatic N) is 1. The first kappa shape index (κ1) is 17.1. The van der Waals surface area contributed by atoms with E-state index in [1.54, 1.807) is 12.1 Å². The van der Waals surface area contributed by atoms with Crippen LogP contribution in [-0.2, 0) is 12.8 Å². The van der Waals surface area contributed by atoms with Crippen LogP contribution in [0.2, 0.25) is 0 Å². The van der Waals surface area contributed by atoms with Gasteiger partial charge in [0.25, 0.3) is 0 Å². The molecular weight excluding hydrogens is 299 g/mol. The van der Waals surface area contributed by atoms with Crippen LogP contribution in [-0.4, -0.2) is 31.6 Å². The van der Waals surface area contributed by atoms with Crippen molar-refractivity contribution in [2.75, 3.05) is 20.6 Å². The number of nitrogens with two attached hydrogens (primary N) is 1. The first-order valence-electron chi connectivity index (χ1n) is 8.78. The summed E-state index contributed by atoms with van der Waals surface area (Å²) in [4.78, 5) is 2.14. The monoisotopic (exact) mass is 326 g/mol. The molecule has 0 aliphatic heterocycles. The second kappa shape index (κ2) is 7.45. The lowest BCUT2D eigenvalue weighted by atomic mass is 9.86. The second-order valence-corrected chi connectivity index (χ2v) is 7.29. The van der Waals surface area contributed by atoms with Crippen LogP contribution in [0.5, 0.6) is 0 Å². The number of hydrogen-bond acceptors (Lipinski definition) is 2. The minimum Gasteiger partial charge on any atom is -0.327 e. The van der Waals surface area contributed by atoms with E-state index in [-0.39, 0.29) is 11.9 Å². The smallest absolute Gasteiger partial charge is 0.123 e. The van der Waals surface area contributed by atoms with E-state index in [1.165, 1.54) is 16.7 Å². The van der Waals surface area contributed by atoms with Gasteiger partial charge in [-0.3, -0.25) is 0 Å². The molecule has 0 bridgehead atoms. The van der Waals surface area contributed by atoms with Crippen molar-refractivity contribution in [3.05, 3.63) is 70.5 Å². The van der Waals surface area contributed by atoms with E-state index >= 15 is 0 Å². The second-order valence-electron chi connectivity index (χ2n) is 7.29. The molecule has 24 heavy (non-hydrogen) atoms. The van der Waals surface area contributed by atoms with E-state index in [0.29, 0.717) is 5.92 Å². The van der Waals surface area contributed by atoms with Gasteiger partial charge in [-0.05, 0) is 80.1 Å². The zero-order valence-corrected chi connectivity index (χ0v) is 14.6. The SMILES string of the molecule is CN(C)C[C@H](N)CC[C@H]1Cc2cc(F)ccc2Cc2ccccc21. The van der Waals surface area contributed by atoms with Crippen molar-refractivity contribution in [3.63, 3.8) is 0 Å². The largest absolute Gasteiger partial charge is 0.327 e. The Labute approximate surface area is 144 Å². The maximum Gasteiger partial charge on any atom is 0.123 e. The summed E-state index contributed by atoms with van der Waals surface area (Å²) in [5.41, 5.74) is 11.4. The van der Waals surface area contributed by atoms with E-state index in [9.17, 15) is 4.39 Å². The van der Waals surface area contributed by atoms with Crippen molar-refractivity contribution in [2.45, 2.75) is 37.6 Å². The molecule has 0 amide bonds. The molecule has 2 aromatic carbocycles. The van der Waals surface area contributed by atoms with Gasteiger partial charge in [0.15, 0.2) is 0 Å². The van der Waals surface area contributed by atoms with Gasteiger partial charge >= 0.3 is 0 Å². The Morgan fingerprint density at radius 3 is 2.71 bits per heavy atom. The molecule has 0 heterocycles. The lowest BCUT2D eigenvalue weighted by Crippen LogP contribution is -2.33. The van der Waals surface area contributed by atoms with Crippen molar-refractivity contribution < 1.29 is 4.39 Å². The molecule has 1 aliphatic rings. The molecule has 0 saturated carbocycles. The molecule has 0 saturated heterocycles. The average molecular weight is 326 g/mol. The molecule has 2 N–H and O–H groups in total. The van der Waals surface area contributed by atoms with Crippen molar-refractivity contribution in [2.24, 2.45) is 5.73 Å². The van der Waals surface area contributed by atoms with Crippen molar-refractivity contribution in [1.29, 1.82) is 0 Å². The molecule has 0 radical (unpaired) electrons. The first-order chi connectivity index (χ1) is 11.5. The van der Waals surface area contributed by atoms with Gasteiger partial charge in [-0.1, -0.05) is 30.3 Å². The topological polar surface area (TPSA) is 29.3 Å². The minimum absolute atomic E-state index is 0.136. The number of fused-ring (bicyclic) bond motifs is 2. The fourth-order valence-electron chi connectivity index (χ4n) is 3.86. The summed E-state index contributed by atoms with van der Waals surface area (Å²) < 4.78 is 13.7. The van der Waals surface area contributed by atoms with E-state index in [4.69, 9.17) is 5.73 Å². The number of likely N-dealkylation sites (N-methyl/N-ethyl adjacent to an activating group) is 1. The summed E-state index contributed by atoms with van der Waals surface area (Å²) >= 11 is 0. The lowest BCUT2D eigenvalue weighted by Gasteiger charge is -2.22. The summed E-state index contributed by atoms with van der Waals surface area (Å²) in [6.07, 6.45) is 3.83. The molecule has 2 atom stereocenters. The zero-order chi connectivity index (χ0) is 17.1. The standard InChI is InChI=1S/C21H27FN2/c1-24(2)14-20(23)10-8-17-12-18-13-19(22)9-7-15(18)11-16-5-3-4-6-21(16)17/h3-7,9,13,17,20H,8,10-12,14,23H2,1-2H3/t17-,20+/m0/s1. The van der Waals surface area contributed by atoms with E-state index in [2.05, 4.69) is 43.3 Å². The Hall–Kier alpha value is -1.71. The van der Waals surface area contributed by atoms with Crippen LogP contribution in [0, 0.1) is 5.82 Å². The molecule has 0 unspecified atom stereocenters. The molecule has 128 valence electrons. The number of hydrogen-bond donors (Lipinski definition) is 1. The van der Waals surface area contributed by atoms with Crippen molar-refractivity contribution in [3.8, 4) is 0 Å². The predicted octanol–water partition coefficient (Wildman–Crippen LogP) is 3.73. The van der Waals surface area contributed by atoms with E-state index < -0.39 is 0 Å². The highest BCUT2D eigenvalue weighted by atomic mass is 19.1. The summed E-state index contributed by atoms with van der Waals surface area (Å²) in [5, 5.41) is 0. The van der Waals surface area contributed by atoms with Gasteiger partial charge in [0, 0.05) is 12.6 Å². The number of rotatable bonds is 5. The number of halogens is 1. The maximum atomic E-state index is 13.7. The fourth-order valence-corrected chi connectivity index (χ4v) is 3.86. The Morgan fingerprint density at radius 2 is 1.92 bits per heavy atom. The number of benzene rings is 2. The van der Waals surface area contributed by atoms with Crippen molar-refractivity contribution in [1.82, 2.24) is 4.90 Å². The Bertz CT molecular complexity index is 696. The Balaban J connectivity index is 1.84. The third kappa shape index (κ3) is 4.03. The van der Waals surface area contributed by atoms with Gasteiger partial charge in [0.2, 0.25) is 0 Å². The molecule has 2 nitrogen and oxygen atoms in total. The van der Waals surface area contributed by atoms with E-state index in [1.807, 2.05) is 6.07 Å². The van der Waals surface area contributed by atoms with E-state index in [0.717, 1.165) is 37.8 Å². The average Bonchev–Trinajstić information content (AvgIpc) is 2.68. The predicted molar refractivity (Wildman–Crippen MR) is 97.9 cm³/mol. The maximum absolute atomic E-state index is 13.7. The molecule has 3 heteroatoms. The lowest BCUT2D eigenvalue weighted by molar-refractivity contribution is 0.354.